The number of thioether (sulfide) groups is 1. The fraction of sp³-hybridized carbons (Fsp3) is 0.444. The zero-order chi connectivity index (χ0) is 19.7. The lowest BCUT2D eigenvalue weighted by Crippen LogP contribution is -2.39. The first-order valence-electron chi connectivity index (χ1n) is 8.74. The summed E-state index contributed by atoms with van der Waals surface area (Å²) in [6, 6.07) is -0.903. The number of rotatable bonds is 5. The van der Waals surface area contributed by atoms with Crippen molar-refractivity contribution in [1.82, 2.24) is 14.9 Å². The number of carbonyl (C=O) groups excluding carboxylic acids is 2. The lowest BCUT2D eigenvalue weighted by Gasteiger charge is -2.18. The van der Waals surface area contributed by atoms with Gasteiger partial charge in [-0.05, 0) is 37.7 Å². The number of nitrogens with zero attached hydrogens (tertiary/aromatic N) is 2. The fourth-order valence-corrected chi connectivity index (χ4v) is 5.56. The van der Waals surface area contributed by atoms with Crippen LogP contribution >= 0.6 is 23.1 Å². The molecule has 0 unspecified atom stereocenters. The Bertz CT molecular complexity index is 979. The molecule has 0 spiro atoms. The molecule has 0 aromatic carbocycles. The lowest BCUT2D eigenvalue weighted by atomic mass is 9.89. The monoisotopic (exact) mass is 406 g/mol. The number of carbonyl (C=O) groups is 2. The van der Waals surface area contributed by atoms with Gasteiger partial charge in [-0.2, -0.15) is 0 Å². The number of fused-ring (bicyclic) bond motifs is 3. The van der Waals surface area contributed by atoms with E-state index in [4.69, 9.17) is 5.73 Å². The molecule has 0 fully saturated rings. The van der Waals surface area contributed by atoms with Crippen LogP contribution in [0.15, 0.2) is 22.6 Å². The lowest BCUT2D eigenvalue weighted by molar-refractivity contribution is -0.119. The van der Waals surface area contributed by atoms with E-state index in [1.807, 2.05) is 0 Å². The molecule has 144 valence electrons. The topological polar surface area (TPSA) is 107 Å². The van der Waals surface area contributed by atoms with Gasteiger partial charge in [0.1, 0.15) is 4.83 Å². The van der Waals surface area contributed by atoms with Crippen LogP contribution in [0.4, 0.5) is 4.79 Å². The number of imide groups is 1. The van der Waals surface area contributed by atoms with Crippen molar-refractivity contribution in [3.63, 3.8) is 0 Å². The van der Waals surface area contributed by atoms with Gasteiger partial charge < -0.3 is 5.73 Å². The minimum atomic E-state index is -0.903. The molecule has 3 amide bonds. The molecule has 0 saturated heterocycles. The molecule has 3 N–H and O–H groups in total. The second-order valence-corrected chi connectivity index (χ2v) is 9.14. The third-order valence-corrected chi connectivity index (χ3v) is 6.83. The van der Waals surface area contributed by atoms with Gasteiger partial charge >= 0.3 is 6.03 Å². The Kier molecular flexibility index (Phi) is 5.71. The van der Waals surface area contributed by atoms with E-state index in [0.29, 0.717) is 27.8 Å². The molecule has 2 heterocycles. The van der Waals surface area contributed by atoms with E-state index in [-0.39, 0.29) is 5.56 Å². The summed E-state index contributed by atoms with van der Waals surface area (Å²) in [6.07, 6.45) is 4.57. The minimum Gasteiger partial charge on any atom is -0.351 e. The first-order valence-corrected chi connectivity index (χ1v) is 10.4. The van der Waals surface area contributed by atoms with Gasteiger partial charge in [-0.3, -0.25) is 19.5 Å². The number of nitrogens with two attached hydrogens (primary N) is 1. The highest BCUT2D eigenvalue weighted by Crippen LogP contribution is 2.36. The maximum Gasteiger partial charge on any atom is 0.318 e. The van der Waals surface area contributed by atoms with Crippen molar-refractivity contribution in [2.75, 3.05) is 0 Å². The molecule has 3 rings (SSSR count). The van der Waals surface area contributed by atoms with Crippen molar-refractivity contribution >= 4 is 45.3 Å². The Morgan fingerprint density at radius 1 is 1.56 bits per heavy atom. The summed E-state index contributed by atoms with van der Waals surface area (Å²) in [4.78, 5) is 42.7. The quantitative estimate of drug-likeness (QED) is 0.451. The maximum absolute atomic E-state index is 13.2. The number of aromatic nitrogens is 2. The number of thiophene rings is 1. The van der Waals surface area contributed by atoms with Gasteiger partial charge in [0, 0.05) is 11.4 Å². The zero-order valence-electron chi connectivity index (χ0n) is 15.3. The summed E-state index contributed by atoms with van der Waals surface area (Å²) in [5.41, 5.74) is 6.03. The second kappa shape index (κ2) is 7.85. The maximum atomic E-state index is 13.2. The highest BCUT2D eigenvalue weighted by atomic mass is 32.2. The Labute approximate surface area is 165 Å². The molecule has 2 aromatic heterocycles. The molecule has 0 saturated carbocycles. The molecular weight excluding hydrogens is 384 g/mol. The second-order valence-electron chi connectivity index (χ2n) is 6.74. The van der Waals surface area contributed by atoms with Gasteiger partial charge in [-0.15, -0.1) is 17.9 Å². The van der Waals surface area contributed by atoms with Crippen LogP contribution in [0.25, 0.3) is 10.2 Å². The van der Waals surface area contributed by atoms with Crippen LogP contribution in [0.2, 0.25) is 0 Å². The largest absolute Gasteiger partial charge is 0.351 e. The Morgan fingerprint density at radius 3 is 2.96 bits per heavy atom. The zero-order valence-corrected chi connectivity index (χ0v) is 16.9. The average molecular weight is 407 g/mol. The number of aryl methyl sites for hydroxylation is 1. The molecule has 7 nitrogen and oxygen atoms in total. The molecule has 1 aliphatic carbocycles. The molecule has 2 atom stereocenters. The van der Waals surface area contributed by atoms with Crippen LogP contribution in [0.3, 0.4) is 0 Å². The van der Waals surface area contributed by atoms with E-state index in [1.54, 1.807) is 28.9 Å². The van der Waals surface area contributed by atoms with Crippen LogP contribution in [-0.2, 0) is 24.2 Å². The molecule has 1 aliphatic rings. The summed E-state index contributed by atoms with van der Waals surface area (Å²) < 4.78 is 1.54. The van der Waals surface area contributed by atoms with Gasteiger partial charge in [0.2, 0.25) is 5.91 Å². The summed E-state index contributed by atoms with van der Waals surface area (Å²) in [5, 5.41) is 2.56. The Morgan fingerprint density at radius 2 is 2.30 bits per heavy atom. The van der Waals surface area contributed by atoms with Gasteiger partial charge in [0.15, 0.2) is 5.16 Å². The Balaban J connectivity index is 2.06. The number of nitrogens with one attached hydrogen (secondary N) is 1. The van der Waals surface area contributed by atoms with Crippen molar-refractivity contribution in [2.24, 2.45) is 11.7 Å². The van der Waals surface area contributed by atoms with E-state index in [0.717, 1.165) is 36.6 Å². The summed E-state index contributed by atoms with van der Waals surface area (Å²) in [7, 11) is 0. The van der Waals surface area contributed by atoms with Crippen molar-refractivity contribution < 1.29 is 9.59 Å². The number of amides is 3. The number of primary amides is 1. The molecule has 9 heteroatoms. The standard InChI is InChI=1S/C18H22N4O3S2/c1-4-7-22-16(24)13-11-6-5-9(2)8-12(11)27-15(13)21-18(22)26-10(3)14(23)20-17(19)25/h4,9-10H,1,5-8H2,2-3H3,(H3,19,20,23,25)/t9-,10+/m1/s1. The van der Waals surface area contributed by atoms with Gasteiger partial charge in [-0.1, -0.05) is 24.8 Å². The smallest absolute Gasteiger partial charge is 0.318 e. The van der Waals surface area contributed by atoms with Crippen LogP contribution in [-0.4, -0.2) is 26.7 Å². The number of allylic oxidation sites excluding steroid dienone is 1. The number of urea groups is 1. The van der Waals surface area contributed by atoms with Gasteiger partial charge in [0.05, 0.1) is 10.6 Å². The third-order valence-electron chi connectivity index (χ3n) is 4.59. The van der Waals surface area contributed by atoms with E-state index >= 15 is 0 Å². The van der Waals surface area contributed by atoms with E-state index < -0.39 is 17.2 Å². The van der Waals surface area contributed by atoms with Crippen molar-refractivity contribution in [3.05, 3.63) is 33.4 Å². The number of hydrogen-bond acceptors (Lipinski definition) is 6. The van der Waals surface area contributed by atoms with Crippen LogP contribution in [0.5, 0.6) is 0 Å². The minimum absolute atomic E-state index is 0.100. The van der Waals surface area contributed by atoms with Gasteiger partial charge in [0.25, 0.3) is 5.56 Å². The average Bonchev–Trinajstić information content (AvgIpc) is 2.94. The fourth-order valence-electron chi connectivity index (χ4n) is 3.22. The first kappa shape index (κ1) is 19.6. The van der Waals surface area contributed by atoms with Crippen molar-refractivity contribution in [3.8, 4) is 0 Å². The summed E-state index contributed by atoms with van der Waals surface area (Å²) in [5.74, 6) is 0.0821. The van der Waals surface area contributed by atoms with Crippen LogP contribution in [0.1, 0.15) is 30.7 Å². The van der Waals surface area contributed by atoms with Crippen molar-refractivity contribution in [2.45, 2.75) is 50.1 Å². The highest BCUT2D eigenvalue weighted by molar-refractivity contribution is 8.00. The number of hydrogen-bond donors (Lipinski definition) is 2. The molecule has 0 radical (unpaired) electrons. The van der Waals surface area contributed by atoms with Crippen LogP contribution < -0.4 is 16.6 Å². The van der Waals surface area contributed by atoms with E-state index in [9.17, 15) is 14.4 Å². The molecular formula is C18H22N4O3S2. The SMILES string of the molecule is C=CCn1c(S[C@@H](C)C(=O)NC(N)=O)nc2sc3c(c2c1=O)CC[C@@H](C)C3. The molecule has 0 aliphatic heterocycles. The Hall–Kier alpha value is -2.13. The van der Waals surface area contributed by atoms with Crippen molar-refractivity contribution in [1.29, 1.82) is 0 Å². The van der Waals surface area contributed by atoms with E-state index in [2.05, 4.69) is 23.8 Å². The predicted octanol–water partition coefficient (Wildman–Crippen LogP) is 2.44. The summed E-state index contributed by atoms with van der Waals surface area (Å²) in [6.45, 7) is 7.88. The normalized spacial score (nSPS) is 17.3. The third kappa shape index (κ3) is 3.93. The summed E-state index contributed by atoms with van der Waals surface area (Å²) >= 11 is 2.69. The van der Waals surface area contributed by atoms with Gasteiger partial charge in [-0.25, -0.2) is 9.78 Å². The highest BCUT2D eigenvalue weighted by Gasteiger charge is 2.26. The van der Waals surface area contributed by atoms with E-state index in [1.165, 1.54) is 4.88 Å². The first-order chi connectivity index (χ1) is 12.8. The van der Waals surface area contributed by atoms with Crippen LogP contribution in [0, 0.1) is 5.92 Å². The predicted molar refractivity (Wildman–Crippen MR) is 108 cm³/mol. The molecule has 2 aromatic rings. The molecule has 0 bridgehead atoms. The molecule has 27 heavy (non-hydrogen) atoms.